The Balaban J connectivity index is 2.09. The first-order valence-corrected chi connectivity index (χ1v) is 6.52. The second kappa shape index (κ2) is 5.49. The van der Waals surface area contributed by atoms with Gasteiger partial charge in [-0.1, -0.05) is 23.4 Å². The molecule has 0 saturated carbocycles. The molecule has 7 heteroatoms. The first kappa shape index (κ1) is 13.0. The van der Waals surface area contributed by atoms with Gasteiger partial charge >= 0.3 is 0 Å². The maximum absolute atomic E-state index is 12.2. The molecule has 0 bridgehead atoms. The van der Waals surface area contributed by atoms with Crippen molar-refractivity contribution in [2.24, 2.45) is 7.05 Å². The van der Waals surface area contributed by atoms with Crippen molar-refractivity contribution in [3.63, 3.8) is 0 Å². The zero-order valence-electron chi connectivity index (χ0n) is 9.87. The van der Waals surface area contributed by atoms with Crippen LogP contribution in [0, 0.1) is 0 Å². The van der Waals surface area contributed by atoms with Crippen LogP contribution < -0.4 is 0 Å². The van der Waals surface area contributed by atoms with Gasteiger partial charge in [0.15, 0.2) is 5.78 Å². The number of aryl methyl sites for hydroxylation is 1. The molecule has 2 aromatic rings. The largest absolute Gasteiger partial charge is 0.293 e. The van der Waals surface area contributed by atoms with Crippen molar-refractivity contribution in [1.82, 2.24) is 20.2 Å². The Labute approximate surface area is 114 Å². The van der Waals surface area contributed by atoms with Crippen molar-refractivity contribution < 1.29 is 4.79 Å². The lowest BCUT2D eigenvalue weighted by Gasteiger charge is -2.08. The number of ketones is 1. The number of halogens is 1. The maximum Gasteiger partial charge on any atom is 0.209 e. The zero-order valence-corrected chi connectivity index (χ0v) is 11.4. The van der Waals surface area contributed by atoms with E-state index in [0.717, 1.165) is 0 Å². The molecule has 0 N–H and O–H groups in total. The highest BCUT2D eigenvalue weighted by Crippen LogP contribution is 2.23. The van der Waals surface area contributed by atoms with Crippen LogP contribution in [0.5, 0.6) is 0 Å². The lowest BCUT2D eigenvalue weighted by Crippen LogP contribution is -2.14. The number of aromatic nitrogens is 4. The SMILES string of the molecule is C[C@H](Sc1nnnn1C)C(=O)c1ccc(Cl)cc1. The fourth-order valence-electron chi connectivity index (χ4n) is 1.38. The van der Waals surface area contributed by atoms with Crippen molar-refractivity contribution in [3.8, 4) is 0 Å². The van der Waals surface area contributed by atoms with E-state index in [4.69, 9.17) is 11.6 Å². The molecule has 0 amide bonds. The number of rotatable bonds is 4. The van der Waals surface area contributed by atoms with E-state index in [1.807, 2.05) is 6.92 Å². The van der Waals surface area contributed by atoms with Gasteiger partial charge in [0.25, 0.3) is 0 Å². The zero-order chi connectivity index (χ0) is 13.1. The molecule has 1 atom stereocenters. The molecule has 2 rings (SSSR count). The quantitative estimate of drug-likeness (QED) is 0.636. The second-order valence-electron chi connectivity index (χ2n) is 3.72. The molecule has 94 valence electrons. The van der Waals surface area contributed by atoms with Crippen LogP contribution in [0.15, 0.2) is 29.4 Å². The number of carbonyl (C=O) groups is 1. The number of carbonyl (C=O) groups excluding carboxylic acids is 1. The van der Waals surface area contributed by atoms with Gasteiger partial charge in [-0.25, -0.2) is 4.68 Å². The van der Waals surface area contributed by atoms with Gasteiger partial charge in [0.05, 0.1) is 5.25 Å². The minimum Gasteiger partial charge on any atom is -0.293 e. The third-order valence-corrected chi connectivity index (χ3v) is 3.74. The van der Waals surface area contributed by atoms with Gasteiger partial charge in [0, 0.05) is 17.6 Å². The fraction of sp³-hybridized carbons (Fsp3) is 0.273. The van der Waals surface area contributed by atoms with Gasteiger partial charge in [-0.2, -0.15) is 0 Å². The molecular weight excluding hydrogens is 272 g/mol. The molecule has 0 spiro atoms. The fourth-order valence-corrected chi connectivity index (χ4v) is 2.34. The van der Waals surface area contributed by atoms with E-state index in [-0.39, 0.29) is 11.0 Å². The van der Waals surface area contributed by atoms with E-state index >= 15 is 0 Å². The van der Waals surface area contributed by atoms with Gasteiger partial charge in [-0.15, -0.1) is 5.10 Å². The predicted molar refractivity (Wildman–Crippen MR) is 69.9 cm³/mol. The molecule has 0 aliphatic carbocycles. The van der Waals surface area contributed by atoms with Crippen LogP contribution in [0.25, 0.3) is 0 Å². The van der Waals surface area contributed by atoms with Crippen molar-refractivity contribution >= 4 is 29.1 Å². The molecule has 0 aliphatic rings. The number of benzene rings is 1. The smallest absolute Gasteiger partial charge is 0.209 e. The Morgan fingerprint density at radius 2 is 2.06 bits per heavy atom. The van der Waals surface area contributed by atoms with Crippen molar-refractivity contribution in [3.05, 3.63) is 34.9 Å². The number of tetrazole rings is 1. The number of hydrogen-bond donors (Lipinski definition) is 0. The molecular formula is C11H11ClN4OS. The Hall–Kier alpha value is -1.40. The molecule has 5 nitrogen and oxygen atoms in total. The number of thioether (sulfide) groups is 1. The van der Waals surface area contributed by atoms with Crippen LogP contribution >= 0.6 is 23.4 Å². The summed E-state index contributed by atoms with van der Waals surface area (Å²) < 4.78 is 1.54. The average molecular weight is 283 g/mol. The minimum atomic E-state index is -0.254. The van der Waals surface area contributed by atoms with Crippen LogP contribution in [0.2, 0.25) is 5.02 Å². The molecule has 1 heterocycles. The van der Waals surface area contributed by atoms with E-state index in [0.29, 0.717) is 15.7 Å². The van der Waals surface area contributed by atoms with Gasteiger partial charge < -0.3 is 0 Å². The summed E-state index contributed by atoms with van der Waals surface area (Å²) in [7, 11) is 1.74. The van der Waals surface area contributed by atoms with Crippen LogP contribution in [0.1, 0.15) is 17.3 Å². The summed E-state index contributed by atoms with van der Waals surface area (Å²) in [5.41, 5.74) is 0.634. The highest BCUT2D eigenvalue weighted by atomic mass is 35.5. The molecule has 1 aromatic heterocycles. The van der Waals surface area contributed by atoms with Crippen LogP contribution in [-0.2, 0) is 7.05 Å². The predicted octanol–water partition coefficient (Wildman–Crippen LogP) is 2.23. The van der Waals surface area contributed by atoms with Crippen LogP contribution in [-0.4, -0.2) is 31.2 Å². The molecule has 0 fully saturated rings. The highest BCUT2D eigenvalue weighted by Gasteiger charge is 2.18. The van der Waals surface area contributed by atoms with E-state index < -0.39 is 0 Å². The van der Waals surface area contributed by atoms with E-state index in [1.54, 1.807) is 31.3 Å². The van der Waals surface area contributed by atoms with Crippen molar-refractivity contribution in [2.75, 3.05) is 0 Å². The topological polar surface area (TPSA) is 60.7 Å². The lowest BCUT2D eigenvalue weighted by atomic mass is 10.1. The van der Waals surface area contributed by atoms with Gasteiger partial charge in [0.1, 0.15) is 0 Å². The Morgan fingerprint density at radius 3 is 2.61 bits per heavy atom. The third-order valence-electron chi connectivity index (χ3n) is 2.36. The summed E-state index contributed by atoms with van der Waals surface area (Å²) >= 11 is 7.11. The van der Waals surface area contributed by atoms with E-state index in [9.17, 15) is 4.79 Å². The Morgan fingerprint density at radius 1 is 1.39 bits per heavy atom. The second-order valence-corrected chi connectivity index (χ2v) is 5.46. The average Bonchev–Trinajstić information content (AvgIpc) is 2.75. The Bertz CT molecular complexity index is 554. The number of nitrogens with zero attached hydrogens (tertiary/aromatic N) is 4. The van der Waals surface area contributed by atoms with Gasteiger partial charge in [0.2, 0.25) is 5.16 Å². The monoisotopic (exact) mass is 282 g/mol. The normalized spacial score (nSPS) is 12.4. The van der Waals surface area contributed by atoms with Gasteiger partial charge in [-0.05, 0) is 41.6 Å². The standard InChI is InChI=1S/C11H11ClN4OS/c1-7(18-11-13-14-15-16(11)2)10(17)8-3-5-9(12)6-4-8/h3-7H,1-2H3/t7-/m0/s1. The Kier molecular flexibility index (Phi) is 3.98. The number of hydrogen-bond acceptors (Lipinski definition) is 5. The van der Waals surface area contributed by atoms with Crippen molar-refractivity contribution in [1.29, 1.82) is 0 Å². The first-order chi connectivity index (χ1) is 8.58. The van der Waals surface area contributed by atoms with Crippen LogP contribution in [0.4, 0.5) is 0 Å². The molecule has 0 saturated heterocycles. The number of Topliss-reactive ketones (excluding diaryl/α,β-unsaturated/α-hetero) is 1. The molecule has 0 unspecified atom stereocenters. The van der Waals surface area contributed by atoms with Gasteiger partial charge in [-0.3, -0.25) is 4.79 Å². The lowest BCUT2D eigenvalue weighted by molar-refractivity contribution is 0.0994. The molecule has 0 radical (unpaired) electrons. The molecule has 1 aromatic carbocycles. The molecule has 18 heavy (non-hydrogen) atoms. The first-order valence-electron chi connectivity index (χ1n) is 5.26. The summed E-state index contributed by atoms with van der Waals surface area (Å²) in [6, 6.07) is 6.85. The highest BCUT2D eigenvalue weighted by molar-refractivity contribution is 8.00. The van der Waals surface area contributed by atoms with Crippen LogP contribution in [0.3, 0.4) is 0 Å². The van der Waals surface area contributed by atoms with E-state index in [2.05, 4.69) is 15.5 Å². The third kappa shape index (κ3) is 2.88. The summed E-state index contributed by atoms with van der Waals surface area (Å²) in [5.74, 6) is 0.0275. The summed E-state index contributed by atoms with van der Waals surface area (Å²) in [4.78, 5) is 12.2. The summed E-state index contributed by atoms with van der Waals surface area (Å²) in [5, 5.41) is 12.1. The minimum absolute atomic E-state index is 0.0275. The summed E-state index contributed by atoms with van der Waals surface area (Å²) in [6.45, 7) is 1.83. The van der Waals surface area contributed by atoms with E-state index in [1.165, 1.54) is 16.4 Å². The molecule has 0 aliphatic heterocycles. The summed E-state index contributed by atoms with van der Waals surface area (Å²) in [6.07, 6.45) is 0. The van der Waals surface area contributed by atoms with Crippen molar-refractivity contribution in [2.45, 2.75) is 17.3 Å². The maximum atomic E-state index is 12.2.